The van der Waals surface area contributed by atoms with Crippen LogP contribution in [0.3, 0.4) is 0 Å². The molecule has 1 aliphatic rings. The van der Waals surface area contributed by atoms with Gasteiger partial charge in [0, 0.05) is 31.7 Å². The highest BCUT2D eigenvalue weighted by Gasteiger charge is 2.31. The minimum Gasteiger partial charge on any atom is -0.311 e. The molecule has 3 atom stereocenters. The summed E-state index contributed by atoms with van der Waals surface area (Å²) in [7, 11) is 0. The summed E-state index contributed by atoms with van der Waals surface area (Å²) in [6.07, 6.45) is 1.25. The Morgan fingerprint density at radius 3 is 2.50 bits per heavy atom. The van der Waals surface area contributed by atoms with Crippen LogP contribution in [0.2, 0.25) is 0 Å². The van der Waals surface area contributed by atoms with Gasteiger partial charge in [-0.25, -0.2) is 0 Å². The van der Waals surface area contributed by atoms with Crippen LogP contribution in [0, 0.1) is 11.8 Å². The lowest BCUT2D eigenvalue weighted by Crippen LogP contribution is -2.59. The quantitative estimate of drug-likeness (QED) is 0.883. The summed E-state index contributed by atoms with van der Waals surface area (Å²) < 4.78 is 0. The van der Waals surface area contributed by atoms with Gasteiger partial charge in [0.15, 0.2) is 0 Å². The Labute approximate surface area is 124 Å². The molecule has 0 aromatic heterocycles. The zero-order valence-electron chi connectivity index (χ0n) is 13.5. The summed E-state index contributed by atoms with van der Waals surface area (Å²) in [4.78, 5) is 2.69. The second kappa shape index (κ2) is 7.24. The maximum Gasteiger partial charge on any atom is 0.0247 e. The molecule has 1 saturated heterocycles. The molecule has 2 nitrogen and oxygen atoms in total. The molecule has 0 radical (unpaired) electrons. The fourth-order valence-corrected chi connectivity index (χ4v) is 3.18. The van der Waals surface area contributed by atoms with Crippen molar-refractivity contribution >= 4 is 0 Å². The van der Waals surface area contributed by atoms with Gasteiger partial charge in [0.05, 0.1) is 0 Å². The Hall–Kier alpha value is -0.860. The van der Waals surface area contributed by atoms with Crippen LogP contribution in [0.4, 0.5) is 0 Å². The Morgan fingerprint density at radius 1 is 1.20 bits per heavy atom. The number of hydrogen-bond acceptors (Lipinski definition) is 2. The topological polar surface area (TPSA) is 15.3 Å². The Balaban J connectivity index is 2.07. The molecule has 2 rings (SSSR count). The van der Waals surface area contributed by atoms with E-state index in [4.69, 9.17) is 0 Å². The summed E-state index contributed by atoms with van der Waals surface area (Å²) in [6.45, 7) is 12.7. The predicted molar refractivity (Wildman–Crippen MR) is 86.7 cm³/mol. The van der Waals surface area contributed by atoms with Gasteiger partial charge >= 0.3 is 0 Å². The molecule has 1 aromatic carbocycles. The lowest BCUT2D eigenvalue weighted by atomic mass is 9.92. The van der Waals surface area contributed by atoms with Gasteiger partial charge in [0.25, 0.3) is 0 Å². The van der Waals surface area contributed by atoms with Crippen LogP contribution in [0.15, 0.2) is 30.3 Å². The van der Waals surface area contributed by atoms with Gasteiger partial charge in [0.1, 0.15) is 0 Å². The van der Waals surface area contributed by atoms with Gasteiger partial charge in [-0.1, -0.05) is 64.4 Å². The van der Waals surface area contributed by atoms with E-state index in [9.17, 15) is 0 Å². The first-order chi connectivity index (χ1) is 9.61. The molecule has 2 heteroatoms. The van der Waals surface area contributed by atoms with E-state index in [1.54, 1.807) is 0 Å². The van der Waals surface area contributed by atoms with Crippen molar-refractivity contribution in [2.45, 2.75) is 52.7 Å². The first-order valence-corrected chi connectivity index (χ1v) is 8.13. The van der Waals surface area contributed by atoms with E-state index < -0.39 is 0 Å². The summed E-state index contributed by atoms with van der Waals surface area (Å²) >= 11 is 0. The number of rotatable bonds is 5. The van der Waals surface area contributed by atoms with Crippen molar-refractivity contribution in [1.29, 1.82) is 0 Å². The molecule has 0 aliphatic carbocycles. The monoisotopic (exact) mass is 274 g/mol. The van der Waals surface area contributed by atoms with Crippen LogP contribution >= 0.6 is 0 Å². The van der Waals surface area contributed by atoms with Gasteiger partial charge < -0.3 is 5.32 Å². The molecule has 1 aromatic rings. The van der Waals surface area contributed by atoms with Crippen LogP contribution < -0.4 is 5.32 Å². The second-order valence-corrected chi connectivity index (χ2v) is 6.63. The van der Waals surface area contributed by atoms with Crippen molar-refractivity contribution in [1.82, 2.24) is 10.2 Å². The molecular formula is C18H30N2. The molecule has 1 aliphatic heterocycles. The molecule has 0 saturated carbocycles. The standard InChI is InChI=1S/C18H30N2/c1-5-15(4)17-13-20(18(11-19-17)14(2)3)12-16-9-7-6-8-10-16/h6-10,14-15,17-19H,5,11-13H2,1-4H3. The summed E-state index contributed by atoms with van der Waals surface area (Å²) in [5, 5.41) is 3.78. The van der Waals surface area contributed by atoms with Crippen LogP contribution in [0.5, 0.6) is 0 Å². The highest BCUT2D eigenvalue weighted by Crippen LogP contribution is 2.21. The second-order valence-electron chi connectivity index (χ2n) is 6.63. The third kappa shape index (κ3) is 3.83. The van der Waals surface area contributed by atoms with Crippen molar-refractivity contribution in [2.24, 2.45) is 11.8 Å². The summed E-state index contributed by atoms with van der Waals surface area (Å²) in [6, 6.07) is 12.2. The minimum absolute atomic E-state index is 0.638. The first-order valence-electron chi connectivity index (χ1n) is 8.13. The van der Waals surface area contributed by atoms with Crippen LogP contribution in [0.25, 0.3) is 0 Å². The molecule has 1 N–H and O–H groups in total. The van der Waals surface area contributed by atoms with Crippen molar-refractivity contribution < 1.29 is 0 Å². The zero-order chi connectivity index (χ0) is 14.5. The highest BCUT2D eigenvalue weighted by molar-refractivity contribution is 5.15. The van der Waals surface area contributed by atoms with Crippen LogP contribution in [0.1, 0.15) is 39.7 Å². The molecule has 20 heavy (non-hydrogen) atoms. The Bertz CT molecular complexity index is 388. The van der Waals surface area contributed by atoms with Crippen molar-refractivity contribution in [3.8, 4) is 0 Å². The lowest BCUT2D eigenvalue weighted by Gasteiger charge is -2.44. The molecule has 3 unspecified atom stereocenters. The van der Waals surface area contributed by atoms with E-state index in [0.717, 1.165) is 19.0 Å². The van der Waals surface area contributed by atoms with Crippen LogP contribution in [-0.4, -0.2) is 30.1 Å². The van der Waals surface area contributed by atoms with E-state index in [-0.39, 0.29) is 0 Å². The molecule has 112 valence electrons. The van der Waals surface area contributed by atoms with Gasteiger partial charge in [-0.05, 0) is 17.4 Å². The van der Waals surface area contributed by atoms with E-state index in [1.807, 2.05) is 0 Å². The predicted octanol–water partition coefficient (Wildman–Crippen LogP) is 3.53. The van der Waals surface area contributed by atoms with Crippen molar-refractivity contribution in [2.75, 3.05) is 13.1 Å². The fraction of sp³-hybridized carbons (Fsp3) is 0.667. The number of piperazine rings is 1. The minimum atomic E-state index is 0.638. The summed E-state index contributed by atoms with van der Waals surface area (Å²) in [5.74, 6) is 1.45. The van der Waals surface area contributed by atoms with Gasteiger partial charge in [-0.15, -0.1) is 0 Å². The average Bonchev–Trinajstić information content (AvgIpc) is 2.47. The largest absolute Gasteiger partial charge is 0.311 e. The number of hydrogen-bond donors (Lipinski definition) is 1. The zero-order valence-corrected chi connectivity index (χ0v) is 13.5. The highest BCUT2D eigenvalue weighted by atomic mass is 15.2. The van der Waals surface area contributed by atoms with E-state index in [1.165, 1.54) is 18.5 Å². The Morgan fingerprint density at radius 2 is 1.90 bits per heavy atom. The molecular weight excluding hydrogens is 244 g/mol. The number of nitrogens with one attached hydrogen (secondary N) is 1. The molecule has 1 fully saturated rings. The van der Waals surface area contributed by atoms with Gasteiger partial charge in [-0.3, -0.25) is 4.90 Å². The normalized spacial score (nSPS) is 25.9. The fourth-order valence-electron chi connectivity index (χ4n) is 3.18. The Kier molecular flexibility index (Phi) is 5.62. The molecule has 0 bridgehead atoms. The number of benzene rings is 1. The van der Waals surface area contributed by atoms with E-state index in [0.29, 0.717) is 18.0 Å². The molecule has 0 amide bonds. The van der Waals surface area contributed by atoms with E-state index in [2.05, 4.69) is 68.2 Å². The van der Waals surface area contributed by atoms with Gasteiger partial charge in [0.2, 0.25) is 0 Å². The molecule has 1 heterocycles. The van der Waals surface area contributed by atoms with Gasteiger partial charge in [-0.2, -0.15) is 0 Å². The maximum atomic E-state index is 3.78. The average molecular weight is 274 g/mol. The van der Waals surface area contributed by atoms with Crippen molar-refractivity contribution in [3.05, 3.63) is 35.9 Å². The SMILES string of the molecule is CCC(C)C1CN(Cc2ccccc2)C(C(C)C)CN1. The van der Waals surface area contributed by atoms with Crippen LogP contribution in [-0.2, 0) is 6.54 Å². The first kappa shape index (κ1) is 15.5. The van der Waals surface area contributed by atoms with E-state index >= 15 is 0 Å². The lowest BCUT2D eigenvalue weighted by molar-refractivity contribution is 0.0753. The smallest absolute Gasteiger partial charge is 0.0247 e. The maximum absolute atomic E-state index is 3.78. The number of nitrogens with zero attached hydrogens (tertiary/aromatic N) is 1. The summed E-state index contributed by atoms with van der Waals surface area (Å²) in [5.41, 5.74) is 1.43. The third-order valence-corrected chi connectivity index (χ3v) is 4.82. The molecule has 0 spiro atoms. The third-order valence-electron chi connectivity index (χ3n) is 4.82. The van der Waals surface area contributed by atoms with Crippen molar-refractivity contribution in [3.63, 3.8) is 0 Å².